The van der Waals surface area contributed by atoms with E-state index in [1.807, 2.05) is 0 Å². The summed E-state index contributed by atoms with van der Waals surface area (Å²) in [4.78, 5) is 17.6. The second-order valence-electron chi connectivity index (χ2n) is 3.30. The molecule has 0 aromatic heterocycles. The van der Waals surface area contributed by atoms with Gasteiger partial charge in [-0.15, -0.1) is 0 Å². The van der Waals surface area contributed by atoms with E-state index in [0.717, 1.165) is 0 Å². The summed E-state index contributed by atoms with van der Waals surface area (Å²) in [6.07, 6.45) is 0. The van der Waals surface area contributed by atoms with E-state index in [-0.39, 0.29) is 10.8 Å². The van der Waals surface area contributed by atoms with E-state index in [1.165, 1.54) is 6.07 Å². The molecule has 0 fully saturated rings. The zero-order valence-electron chi connectivity index (χ0n) is 8.30. The minimum absolute atomic E-state index is 0.0528. The van der Waals surface area contributed by atoms with Gasteiger partial charge in [-0.2, -0.15) is 0 Å². The summed E-state index contributed by atoms with van der Waals surface area (Å²) in [6.45, 7) is 0. The van der Waals surface area contributed by atoms with Gasteiger partial charge in [-0.3, -0.25) is 9.79 Å². The van der Waals surface area contributed by atoms with Gasteiger partial charge in [0, 0.05) is 10.8 Å². The molecule has 7 heteroatoms. The van der Waals surface area contributed by atoms with Crippen molar-refractivity contribution in [3.05, 3.63) is 40.4 Å². The van der Waals surface area contributed by atoms with E-state index in [4.69, 9.17) is 33.0 Å². The molecule has 0 radical (unpaired) electrons. The van der Waals surface area contributed by atoms with Gasteiger partial charge < -0.3 is 4.52 Å². The molecule has 2 rings (SSSR count). The first kappa shape index (κ1) is 12.7. The molecule has 4 nitrogen and oxygen atoms in total. The SMILES string of the molecule is O=P(O)(O)Oc1c(Cl)cc(Cl)c2ccccc12. The number of phosphoric ester groups is 1. The Morgan fingerprint density at radius 3 is 2.24 bits per heavy atom. The Hall–Kier alpha value is -0.770. The van der Waals surface area contributed by atoms with Crippen LogP contribution in [0, 0.1) is 0 Å². The van der Waals surface area contributed by atoms with Crippen molar-refractivity contribution in [3.63, 3.8) is 0 Å². The standard InChI is InChI=1S/C10H7Cl2O4P/c11-8-5-9(12)10(16-17(13,14)15)7-4-2-1-3-6(7)8/h1-5H,(H2,13,14,15). The molecule has 90 valence electrons. The molecule has 0 saturated heterocycles. The molecule has 17 heavy (non-hydrogen) atoms. The van der Waals surface area contributed by atoms with Crippen LogP contribution >= 0.6 is 31.0 Å². The number of fused-ring (bicyclic) bond motifs is 1. The Balaban J connectivity index is 2.74. The second kappa shape index (κ2) is 4.48. The van der Waals surface area contributed by atoms with E-state index in [2.05, 4.69) is 4.52 Å². The highest BCUT2D eigenvalue weighted by Gasteiger charge is 2.21. The van der Waals surface area contributed by atoms with Gasteiger partial charge in [-0.25, -0.2) is 4.57 Å². The van der Waals surface area contributed by atoms with Crippen LogP contribution in [-0.4, -0.2) is 9.79 Å². The molecule has 0 saturated carbocycles. The number of hydrogen-bond acceptors (Lipinski definition) is 2. The number of halogens is 2. The normalized spacial score (nSPS) is 11.8. The lowest BCUT2D eigenvalue weighted by Crippen LogP contribution is -1.92. The van der Waals surface area contributed by atoms with Crippen LogP contribution in [-0.2, 0) is 4.57 Å². The molecule has 0 atom stereocenters. The lowest BCUT2D eigenvalue weighted by atomic mass is 10.1. The first-order chi connectivity index (χ1) is 7.88. The van der Waals surface area contributed by atoms with Crippen LogP contribution in [0.4, 0.5) is 0 Å². The van der Waals surface area contributed by atoms with Crippen LogP contribution < -0.4 is 4.52 Å². The molecule has 2 aromatic carbocycles. The third-order valence-corrected chi connectivity index (χ3v) is 3.12. The monoisotopic (exact) mass is 292 g/mol. The Morgan fingerprint density at radius 2 is 1.65 bits per heavy atom. The fourth-order valence-corrected chi connectivity index (χ4v) is 2.55. The number of hydrogen-bond donors (Lipinski definition) is 2. The summed E-state index contributed by atoms with van der Waals surface area (Å²) in [5.74, 6) is -0.0694. The average molecular weight is 293 g/mol. The van der Waals surface area contributed by atoms with Crippen molar-refractivity contribution < 1.29 is 18.9 Å². The van der Waals surface area contributed by atoms with Gasteiger partial charge in [0.1, 0.15) is 0 Å². The summed E-state index contributed by atoms with van der Waals surface area (Å²) in [5.41, 5.74) is 0. The molecule has 0 spiro atoms. The third-order valence-electron chi connectivity index (χ3n) is 2.11. The van der Waals surface area contributed by atoms with Crippen LogP contribution in [0.1, 0.15) is 0 Å². The average Bonchev–Trinajstić information content (AvgIpc) is 2.23. The van der Waals surface area contributed by atoms with Crippen molar-refractivity contribution >= 4 is 41.8 Å². The maximum Gasteiger partial charge on any atom is 0.524 e. The van der Waals surface area contributed by atoms with Crippen molar-refractivity contribution in [2.24, 2.45) is 0 Å². The van der Waals surface area contributed by atoms with Crippen LogP contribution in [0.5, 0.6) is 5.75 Å². The lowest BCUT2D eigenvalue weighted by Gasteiger charge is -2.12. The molecule has 0 bridgehead atoms. The summed E-state index contributed by atoms with van der Waals surface area (Å²) < 4.78 is 15.4. The minimum Gasteiger partial charge on any atom is -0.402 e. The maximum atomic E-state index is 10.9. The Labute approximate surface area is 107 Å². The first-order valence-electron chi connectivity index (χ1n) is 4.50. The quantitative estimate of drug-likeness (QED) is 0.830. The van der Waals surface area contributed by atoms with E-state index in [1.54, 1.807) is 24.3 Å². The molecular formula is C10H7Cl2O4P. The highest BCUT2D eigenvalue weighted by atomic mass is 35.5. The molecule has 0 amide bonds. The molecule has 0 aliphatic rings. The predicted octanol–water partition coefficient (Wildman–Crippen LogP) is 3.62. The molecule has 2 aromatic rings. The smallest absolute Gasteiger partial charge is 0.402 e. The summed E-state index contributed by atoms with van der Waals surface area (Å²) >= 11 is 11.8. The van der Waals surface area contributed by atoms with Gasteiger partial charge in [-0.1, -0.05) is 47.5 Å². The first-order valence-corrected chi connectivity index (χ1v) is 6.79. The van der Waals surface area contributed by atoms with Gasteiger partial charge >= 0.3 is 7.82 Å². The van der Waals surface area contributed by atoms with Gasteiger partial charge in [0.05, 0.1) is 10.0 Å². The summed E-state index contributed by atoms with van der Waals surface area (Å²) in [6, 6.07) is 8.17. The van der Waals surface area contributed by atoms with Crippen LogP contribution in [0.15, 0.2) is 30.3 Å². The highest BCUT2D eigenvalue weighted by Crippen LogP contribution is 2.46. The zero-order valence-corrected chi connectivity index (χ0v) is 10.7. The highest BCUT2D eigenvalue weighted by molar-refractivity contribution is 7.46. The Morgan fingerprint density at radius 1 is 1.06 bits per heavy atom. The lowest BCUT2D eigenvalue weighted by molar-refractivity contribution is 0.284. The van der Waals surface area contributed by atoms with Crippen LogP contribution in [0.25, 0.3) is 10.8 Å². The van der Waals surface area contributed by atoms with E-state index < -0.39 is 7.82 Å². The maximum absolute atomic E-state index is 10.9. The molecule has 0 aliphatic heterocycles. The summed E-state index contributed by atoms with van der Waals surface area (Å²) in [5, 5.41) is 1.51. The van der Waals surface area contributed by atoms with Gasteiger partial charge in [0.25, 0.3) is 0 Å². The van der Waals surface area contributed by atoms with Crippen molar-refractivity contribution in [1.82, 2.24) is 0 Å². The second-order valence-corrected chi connectivity index (χ2v) is 5.27. The van der Waals surface area contributed by atoms with Crippen LogP contribution in [0.2, 0.25) is 10.0 Å². The molecule has 0 heterocycles. The third kappa shape index (κ3) is 2.73. The van der Waals surface area contributed by atoms with Gasteiger partial charge in [0.15, 0.2) is 5.75 Å². The Kier molecular flexibility index (Phi) is 3.34. The topological polar surface area (TPSA) is 66.8 Å². The van der Waals surface area contributed by atoms with E-state index in [0.29, 0.717) is 15.8 Å². The van der Waals surface area contributed by atoms with E-state index in [9.17, 15) is 4.57 Å². The fourth-order valence-electron chi connectivity index (χ4n) is 1.48. The predicted molar refractivity (Wildman–Crippen MR) is 66.6 cm³/mol. The van der Waals surface area contributed by atoms with Crippen molar-refractivity contribution in [2.45, 2.75) is 0 Å². The number of rotatable bonds is 2. The minimum atomic E-state index is -4.66. The van der Waals surface area contributed by atoms with E-state index >= 15 is 0 Å². The van der Waals surface area contributed by atoms with Gasteiger partial charge in [-0.05, 0) is 6.07 Å². The van der Waals surface area contributed by atoms with Crippen molar-refractivity contribution in [1.29, 1.82) is 0 Å². The zero-order chi connectivity index (χ0) is 12.6. The van der Waals surface area contributed by atoms with Crippen molar-refractivity contribution in [3.8, 4) is 5.75 Å². The van der Waals surface area contributed by atoms with Gasteiger partial charge in [0.2, 0.25) is 0 Å². The van der Waals surface area contributed by atoms with Crippen LogP contribution in [0.3, 0.4) is 0 Å². The summed E-state index contributed by atoms with van der Waals surface area (Å²) in [7, 11) is -4.66. The molecule has 2 N–H and O–H groups in total. The van der Waals surface area contributed by atoms with Crippen molar-refractivity contribution in [2.75, 3.05) is 0 Å². The molecule has 0 unspecified atom stereocenters. The fraction of sp³-hybridized carbons (Fsp3) is 0. The molecular weight excluding hydrogens is 286 g/mol. The Bertz CT molecular complexity index is 623. The molecule has 0 aliphatic carbocycles. The number of benzene rings is 2. The largest absolute Gasteiger partial charge is 0.524 e. The number of phosphoric acid groups is 1.